The van der Waals surface area contributed by atoms with Crippen molar-refractivity contribution in [2.24, 2.45) is 5.41 Å². The van der Waals surface area contributed by atoms with Crippen molar-refractivity contribution in [1.29, 1.82) is 0 Å². The van der Waals surface area contributed by atoms with Crippen molar-refractivity contribution in [2.75, 3.05) is 20.3 Å². The minimum absolute atomic E-state index is 0.0335. The third-order valence-electron chi connectivity index (χ3n) is 3.07. The molecule has 3 fully saturated rings. The molecule has 1 saturated carbocycles. The highest BCUT2D eigenvalue weighted by Gasteiger charge is 2.65. The van der Waals surface area contributed by atoms with Gasteiger partial charge in [0.05, 0.1) is 13.7 Å². The number of nitrogens with one attached hydrogen (secondary N) is 1. The lowest BCUT2D eigenvalue weighted by molar-refractivity contribution is -0.154. The summed E-state index contributed by atoms with van der Waals surface area (Å²) < 4.78 is 4.68. The molecule has 2 bridgehead atoms. The number of aliphatic hydroxyl groups is 1. The van der Waals surface area contributed by atoms with Crippen LogP contribution in [-0.4, -0.2) is 36.9 Å². The molecular formula is C8H13NO3. The third-order valence-corrected chi connectivity index (χ3v) is 3.07. The minimum Gasteiger partial charge on any atom is -0.468 e. The van der Waals surface area contributed by atoms with Crippen LogP contribution < -0.4 is 5.32 Å². The van der Waals surface area contributed by atoms with E-state index in [4.69, 9.17) is 5.11 Å². The van der Waals surface area contributed by atoms with Gasteiger partial charge in [-0.25, -0.2) is 0 Å². The van der Waals surface area contributed by atoms with E-state index in [9.17, 15) is 4.79 Å². The van der Waals surface area contributed by atoms with Gasteiger partial charge in [-0.2, -0.15) is 0 Å². The monoisotopic (exact) mass is 171 g/mol. The zero-order valence-corrected chi connectivity index (χ0v) is 7.09. The van der Waals surface area contributed by atoms with Crippen LogP contribution in [0.4, 0.5) is 0 Å². The fraction of sp³-hybridized carbons (Fsp3) is 0.875. The van der Waals surface area contributed by atoms with Crippen LogP contribution in [0.3, 0.4) is 0 Å². The zero-order chi connectivity index (χ0) is 8.82. The van der Waals surface area contributed by atoms with Gasteiger partial charge in [0.1, 0.15) is 5.54 Å². The van der Waals surface area contributed by atoms with Crippen molar-refractivity contribution in [1.82, 2.24) is 5.32 Å². The minimum atomic E-state index is -0.461. The number of rotatable bonds is 2. The van der Waals surface area contributed by atoms with E-state index in [0.29, 0.717) is 0 Å². The molecular weight excluding hydrogens is 158 g/mol. The van der Waals surface area contributed by atoms with Gasteiger partial charge in [-0.15, -0.1) is 0 Å². The number of hydrogen-bond donors (Lipinski definition) is 2. The van der Waals surface area contributed by atoms with Crippen molar-refractivity contribution < 1.29 is 14.6 Å². The van der Waals surface area contributed by atoms with Crippen LogP contribution >= 0.6 is 0 Å². The van der Waals surface area contributed by atoms with Crippen LogP contribution in [0.25, 0.3) is 0 Å². The molecule has 4 heteroatoms. The average molecular weight is 171 g/mol. The number of hydrogen-bond acceptors (Lipinski definition) is 4. The molecule has 0 aromatic rings. The molecule has 2 aliphatic heterocycles. The molecule has 0 spiro atoms. The maximum absolute atomic E-state index is 11.3. The molecule has 0 aromatic carbocycles. The van der Waals surface area contributed by atoms with E-state index in [1.807, 2.05) is 0 Å². The Morgan fingerprint density at radius 3 is 2.75 bits per heavy atom. The number of esters is 1. The van der Waals surface area contributed by atoms with E-state index < -0.39 is 5.54 Å². The Kier molecular flexibility index (Phi) is 1.47. The Bertz CT molecular complexity index is 220. The first-order chi connectivity index (χ1) is 5.66. The van der Waals surface area contributed by atoms with Gasteiger partial charge in [0.25, 0.3) is 0 Å². The Hall–Kier alpha value is -0.610. The van der Waals surface area contributed by atoms with Gasteiger partial charge in [0, 0.05) is 12.0 Å². The van der Waals surface area contributed by atoms with Gasteiger partial charge in [-0.05, 0) is 12.8 Å². The summed E-state index contributed by atoms with van der Waals surface area (Å²) >= 11 is 0. The molecule has 0 amide bonds. The summed E-state index contributed by atoms with van der Waals surface area (Å²) in [6.07, 6.45) is 1.45. The Morgan fingerprint density at radius 2 is 2.33 bits per heavy atom. The Labute approximate surface area is 70.9 Å². The summed E-state index contributed by atoms with van der Waals surface area (Å²) in [5.41, 5.74) is -0.494. The molecule has 12 heavy (non-hydrogen) atoms. The van der Waals surface area contributed by atoms with Crippen LogP contribution in [0.5, 0.6) is 0 Å². The normalized spacial score (nSPS) is 43.8. The van der Waals surface area contributed by atoms with Gasteiger partial charge in [-0.3, -0.25) is 4.79 Å². The van der Waals surface area contributed by atoms with Gasteiger partial charge in [-0.1, -0.05) is 0 Å². The van der Waals surface area contributed by atoms with Crippen LogP contribution in [0.15, 0.2) is 0 Å². The fourth-order valence-corrected chi connectivity index (χ4v) is 2.41. The van der Waals surface area contributed by atoms with Gasteiger partial charge >= 0.3 is 5.97 Å². The molecule has 2 N–H and O–H groups in total. The maximum atomic E-state index is 11.3. The highest BCUT2D eigenvalue weighted by Crippen LogP contribution is 2.53. The molecule has 4 nitrogen and oxygen atoms in total. The third kappa shape index (κ3) is 0.765. The van der Waals surface area contributed by atoms with E-state index in [0.717, 1.165) is 19.4 Å². The SMILES string of the molecule is COC(=O)C12CC(CO)(CN1)C2. The number of fused-ring (bicyclic) bond motifs is 1. The number of ether oxygens (including phenoxy) is 1. The predicted molar refractivity (Wildman–Crippen MR) is 41.5 cm³/mol. The summed E-state index contributed by atoms with van der Waals surface area (Å²) in [5, 5.41) is 12.2. The lowest BCUT2D eigenvalue weighted by atomic mass is 9.62. The highest BCUT2D eigenvalue weighted by molar-refractivity contribution is 5.83. The smallest absolute Gasteiger partial charge is 0.326 e. The van der Waals surface area contributed by atoms with Gasteiger partial charge in [0.2, 0.25) is 0 Å². The molecule has 3 rings (SSSR count). The van der Waals surface area contributed by atoms with Crippen LogP contribution in [0.2, 0.25) is 0 Å². The van der Waals surface area contributed by atoms with E-state index in [1.54, 1.807) is 0 Å². The summed E-state index contributed by atoms with van der Waals surface area (Å²) in [4.78, 5) is 11.3. The number of methoxy groups -OCH3 is 1. The summed E-state index contributed by atoms with van der Waals surface area (Å²) in [7, 11) is 1.40. The van der Waals surface area contributed by atoms with Crippen LogP contribution in [0, 0.1) is 5.41 Å². The van der Waals surface area contributed by atoms with Crippen molar-refractivity contribution in [2.45, 2.75) is 18.4 Å². The van der Waals surface area contributed by atoms with Crippen LogP contribution in [-0.2, 0) is 9.53 Å². The number of carbonyl (C=O) groups is 1. The molecule has 0 radical (unpaired) electrons. The number of aliphatic hydroxyl groups excluding tert-OH is 1. The Morgan fingerprint density at radius 1 is 1.67 bits per heavy atom. The topological polar surface area (TPSA) is 58.6 Å². The molecule has 0 atom stereocenters. The highest BCUT2D eigenvalue weighted by atomic mass is 16.5. The molecule has 3 aliphatic rings. The molecule has 2 saturated heterocycles. The lowest BCUT2D eigenvalue weighted by Crippen LogP contribution is -2.55. The van der Waals surface area contributed by atoms with E-state index in [1.165, 1.54) is 7.11 Å². The molecule has 68 valence electrons. The van der Waals surface area contributed by atoms with E-state index in [-0.39, 0.29) is 18.0 Å². The maximum Gasteiger partial charge on any atom is 0.326 e. The lowest BCUT2D eigenvalue weighted by Gasteiger charge is -2.42. The molecule has 2 heterocycles. The van der Waals surface area contributed by atoms with Crippen molar-refractivity contribution in [3.8, 4) is 0 Å². The van der Waals surface area contributed by atoms with Crippen molar-refractivity contribution in [3.63, 3.8) is 0 Å². The average Bonchev–Trinajstić information content (AvgIpc) is 2.57. The van der Waals surface area contributed by atoms with Crippen molar-refractivity contribution in [3.05, 3.63) is 0 Å². The summed E-state index contributed by atoms with van der Waals surface area (Å²) in [5.74, 6) is -0.191. The van der Waals surface area contributed by atoms with Crippen LogP contribution in [0.1, 0.15) is 12.8 Å². The molecule has 1 aliphatic carbocycles. The Balaban J connectivity index is 2.09. The summed E-state index contributed by atoms with van der Waals surface area (Å²) in [6.45, 7) is 0.900. The molecule has 0 aromatic heterocycles. The number of carbonyl (C=O) groups excluding carboxylic acids is 1. The van der Waals surface area contributed by atoms with Crippen molar-refractivity contribution >= 4 is 5.97 Å². The second-order valence-electron chi connectivity index (χ2n) is 3.94. The first kappa shape index (κ1) is 8.01. The second-order valence-corrected chi connectivity index (χ2v) is 3.94. The second kappa shape index (κ2) is 2.20. The van der Waals surface area contributed by atoms with Gasteiger partial charge in [0.15, 0.2) is 0 Å². The largest absolute Gasteiger partial charge is 0.468 e. The summed E-state index contributed by atoms with van der Waals surface area (Å²) in [6, 6.07) is 0. The first-order valence-electron chi connectivity index (χ1n) is 4.11. The first-order valence-corrected chi connectivity index (χ1v) is 4.11. The molecule has 0 unspecified atom stereocenters. The fourth-order valence-electron chi connectivity index (χ4n) is 2.41. The standard InChI is InChI=1S/C8H13NO3/c1-12-6(11)8-2-7(3-8,5-10)4-9-8/h9-10H,2-5H2,1H3. The predicted octanol–water partition coefficient (Wildman–Crippen LogP) is -0.726. The van der Waals surface area contributed by atoms with E-state index >= 15 is 0 Å². The van der Waals surface area contributed by atoms with E-state index in [2.05, 4.69) is 10.1 Å². The quantitative estimate of drug-likeness (QED) is 0.538. The van der Waals surface area contributed by atoms with Gasteiger partial charge < -0.3 is 15.2 Å². The zero-order valence-electron chi connectivity index (χ0n) is 7.09.